The summed E-state index contributed by atoms with van der Waals surface area (Å²) >= 11 is 0. The summed E-state index contributed by atoms with van der Waals surface area (Å²) in [4.78, 5) is 4.20. The highest BCUT2D eigenvalue weighted by Crippen LogP contribution is 2.54. The zero-order valence-electron chi connectivity index (χ0n) is 12.8. The third-order valence-corrected chi connectivity index (χ3v) is 4.88. The van der Waals surface area contributed by atoms with Crippen LogP contribution in [0.3, 0.4) is 0 Å². The van der Waals surface area contributed by atoms with E-state index in [0.29, 0.717) is 0 Å². The van der Waals surface area contributed by atoms with Crippen molar-refractivity contribution in [2.45, 2.75) is 31.2 Å². The minimum Gasteiger partial charge on any atom is -0.386 e. The summed E-state index contributed by atoms with van der Waals surface area (Å²) in [5.41, 5.74) is 2.95. The van der Waals surface area contributed by atoms with E-state index in [2.05, 4.69) is 4.99 Å². The Hall–Kier alpha value is -2.14. The molecule has 1 aromatic carbocycles. The van der Waals surface area contributed by atoms with Crippen molar-refractivity contribution in [1.82, 2.24) is 0 Å². The molecule has 2 heterocycles. The number of benzene rings is 1. The number of nitrogens with zero attached hydrogens (tertiary/aromatic N) is 2. The topological polar surface area (TPSA) is 71.4 Å². The van der Waals surface area contributed by atoms with E-state index in [1.165, 1.54) is 25.1 Å². The van der Waals surface area contributed by atoms with Crippen molar-refractivity contribution < 1.29 is 22.3 Å². The van der Waals surface area contributed by atoms with Gasteiger partial charge < -0.3 is 10.5 Å². The van der Waals surface area contributed by atoms with E-state index in [0.717, 1.165) is 6.07 Å². The van der Waals surface area contributed by atoms with Crippen LogP contribution in [-0.2, 0) is 10.3 Å². The maximum Gasteiger partial charge on any atom is 0.415 e. The third kappa shape index (κ3) is 2.26. The quantitative estimate of drug-likeness (QED) is 0.799. The van der Waals surface area contributed by atoms with Gasteiger partial charge in [-0.05, 0) is 19.4 Å². The molecular formula is C16H15F4N3O. The van der Waals surface area contributed by atoms with Crippen molar-refractivity contribution in [3.05, 3.63) is 35.6 Å². The average molecular weight is 341 g/mol. The van der Waals surface area contributed by atoms with E-state index in [1.54, 1.807) is 0 Å². The Kier molecular flexibility index (Phi) is 3.61. The van der Waals surface area contributed by atoms with Crippen LogP contribution in [0.25, 0.3) is 0 Å². The fraction of sp³-hybridized carbons (Fsp3) is 0.500. The van der Waals surface area contributed by atoms with Gasteiger partial charge >= 0.3 is 6.18 Å². The normalized spacial score (nSPS) is 35.9. The smallest absolute Gasteiger partial charge is 0.386 e. The molecule has 1 aromatic rings. The number of nitrogens with two attached hydrogens (primary N) is 1. The number of alkyl halides is 3. The largest absolute Gasteiger partial charge is 0.415 e. The summed E-state index contributed by atoms with van der Waals surface area (Å²) in [6.45, 7) is 0.994. The van der Waals surface area contributed by atoms with Gasteiger partial charge in [-0.2, -0.15) is 18.4 Å². The lowest BCUT2D eigenvalue weighted by Crippen LogP contribution is -2.51. The lowest BCUT2D eigenvalue weighted by Gasteiger charge is -2.41. The van der Waals surface area contributed by atoms with Crippen molar-refractivity contribution in [1.29, 1.82) is 5.26 Å². The van der Waals surface area contributed by atoms with Gasteiger partial charge in [0.15, 0.2) is 6.10 Å². The highest BCUT2D eigenvalue weighted by atomic mass is 19.4. The minimum atomic E-state index is -4.64. The number of halogens is 4. The Bertz CT molecular complexity index is 742. The maximum absolute atomic E-state index is 14.3. The summed E-state index contributed by atoms with van der Waals surface area (Å²) in [7, 11) is 0. The van der Waals surface area contributed by atoms with E-state index >= 15 is 0 Å². The van der Waals surface area contributed by atoms with E-state index in [9.17, 15) is 22.8 Å². The summed E-state index contributed by atoms with van der Waals surface area (Å²) in [6, 6.07) is 7.43. The monoisotopic (exact) mass is 341 g/mol. The Morgan fingerprint density at radius 3 is 2.62 bits per heavy atom. The zero-order chi connectivity index (χ0) is 17.8. The van der Waals surface area contributed by atoms with Gasteiger partial charge in [-0.25, -0.2) is 4.39 Å². The van der Waals surface area contributed by atoms with Crippen LogP contribution in [0.2, 0.25) is 0 Å². The fourth-order valence-electron chi connectivity index (χ4n) is 3.54. The van der Waals surface area contributed by atoms with Crippen LogP contribution in [0.5, 0.6) is 0 Å². The molecule has 0 aliphatic carbocycles. The van der Waals surface area contributed by atoms with Crippen molar-refractivity contribution in [2.24, 2.45) is 22.1 Å². The molecule has 3 rings (SSSR count). The summed E-state index contributed by atoms with van der Waals surface area (Å²) in [6.07, 6.45) is -6.98. The molecule has 0 saturated carbocycles. The number of fused-ring (bicyclic) bond motifs is 1. The molecule has 2 N–H and O–H groups in total. The molecule has 0 radical (unpaired) electrons. The molecule has 0 spiro atoms. The molecule has 1 fully saturated rings. The van der Waals surface area contributed by atoms with E-state index in [4.69, 9.17) is 10.5 Å². The highest BCUT2D eigenvalue weighted by Gasteiger charge is 2.64. The number of amidine groups is 1. The van der Waals surface area contributed by atoms with Crippen LogP contribution in [-0.4, -0.2) is 24.7 Å². The fourth-order valence-corrected chi connectivity index (χ4v) is 3.54. The van der Waals surface area contributed by atoms with Crippen molar-refractivity contribution in [3.8, 4) is 6.07 Å². The second kappa shape index (κ2) is 5.18. The first-order chi connectivity index (χ1) is 11.1. The summed E-state index contributed by atoms with van der Waals surface area (Å²) in [5.74, 6) is -2.01. The number of aliphatic imine (C=N–C) groups is 1. The predicted molar refractivity (Wildman–Crippen MR) is 77.3 cm³/mol. The molecule has 0 aromatic heterocycles. The van der Waals surface area contributed by atoms with E-state index in [-0.39, 0.29) is 17.8 Å². The molecule has 24 heavy (non-hydrogen) atoms. The number of hydrogen-bond donors (Lipinski definition) is 1. The first-order valence-corrected chi connectivity index (χ1v) is 7.34. The van der Waals surface area contributed by atoms with Gasteiger partial charge in [0.25, 0.3) is 0 Å². The van der Waals surface area contributed by atoms with Gasteiger partial charge in [0.2, 0.25) is 0 Å². The van der Waals surface area contributed by atoms with Crippen LogP contribution < -0.4 is 5.73 Å². The van der Waals surface area contributed by atoms with Crippen LogP contribution in [0, 0.1) is 28.5 Å². The number of hydrogen-bond acceptors (Lipinski definition) is 4. The summed E-state index contributed by atoms with van der Waals surface area (Å²) < 4.78 is 59.5. The van der Waals surface area contributed by atoms with Crippen LogP contribution >= 0.6 is 0 Å². The molecule has 8 heteroatoms. The van der Waals surface area contributed by atoms with Crippen molar-refractivity contribution >= 4 is 5.84 Å². The maximum atomic E-state index is 14.3. The summed E-state index contributed by atoms with van der Waals surface area (Å²) in [5, 5.41) is 9.33. The number of nitriles is 1. The Balaban J connectivity index is 2.22. The third-order valence-electron chi connectivity index (χ3n) is 4.88. The second-order valence-electron chi connectivity index (χ2n) is 6.43. The van der Waals surface area contributed by atoms with Crippen molar-refractivity contribution in [2.75, 3.05) is 6.61 Å². The molecule has 1 unspecified atom stereocenters. The molecule has 4 atom stereocenters. The van der Waals surface area contributed by atoms with E-state index in [1.807, 2.05) is 6.07 Å². The molecular weight excluding hydrogens is 326 g/mol. The van der Waals surface area contributed by atoms with Crippen LogP contribution in [0.1, 0.15) is 18.9 Å². The SMILES string of the molecule is CC1(C#N)C[C@@H]2[C@@H](C(F)(F)F)OC[C@]2(c2ccccc2F)N=C1N. The van der Waals surface area contributed by atoms with Gasteiger partial charge in [0.05, 0.1) is 12.7 Å². The molecule has 128 valence electrons. The molecule has 4 nitrogen and oxygen atoms in total. The lowest BCUT2D eigenvalue weighted by atomic mass is 9.66. The van der Waals surface area contributed by atoms with Crippen LogP contribution in [0.4, 0.5) is 17.6 Å². The first kappa shape index (κ1) is 16.7. The predicted octanol–water partition coefficient (Wildman–Crippen LogP) is 2.89. The molecule has 2 aliphatic heterocycles. The molecule has 0 amide bonds. The minimum absolute atomic E-state index is 0.00434. The number of ether oxygens (including phenoxy) is 1. The Labute approximate surface area is 135 Å². The van der Waals surface area contributed by atoms with E-state index < -0.39 is 41.6 Å². The Morgan fingerprint density at radius 1 is 1.38 bits per heavy atom. The average Bonchev–Trinajstić information content (AvgIpc) is 2.87. The molecule has 0 bridgehead atoms. The highest BCUT2D eigenvalue weighted by molar-refractivity contribution is 5.90. The molecule has 2 aliphatic rings. The lowest BCUT2D eigenvalue weighted by molar-refractivity contribution is -0.218. The van der Waals surface area contributed by atoms with Gasteiger partial charge in [-0.3, -0.25) is 4.99 Å². The van der Waals surface area contributed by atoms with Crippen LogP contribution in [0.15, 0.2) is 29.3 Å². The molecule has 1 saturated heterocycles. The van der Waals surface area contributed by atoms with Gasteiger partial charge in [0.1, 0.15) is 22.6 Å². The van der Waals surface area contributed by atoms with Gasteiger partial charge in [-0.1, -0.05) is 18.2 Å². The second-order valence-corrected chi connectivity index (χ2v) is 6.43. The zero-order valence-corrected chi connectivity index (χ0v) is 12.8. The van der Waals surface area contributed by atoms with Crippen molar-refractivity contribution in [3.63, 3.8) is 0 Å². The standard InChI is InChI=1S/C16H15F4N3O/c1-14(7-21)6-10-12(16(18,19)20)24-8-15(10,23-13(14)22)9-4-2-3-5-11(9)17/h2-5,10,12H,6,8H2,1H3,(H2,22,23)/t10-,12+,14?,15-/m1/s1. The first-order valence-electron chi connectivity index (χ1n) is 7.34. The number of rotatable bonds is 1. The van der Waals surface area contributed by atoms with Gasteiger partial charge in [-0.15, -0.1) is 0 Å². The van der Waals surface area contributed by atoms with Gasteiger partial charge in [0, 0.05) is 11.5 Å². The Morgan fingerprint density at radius 2 is 2.04 bits per heavy atom.